The first-order valence-electron chi connectivity index (χ1n) is 7.75. The average molecular weight is 302 g/mol. The van der Waals surface area contributed by atoms with Crippen molar-refractivity contribution < 1.29 is 0 Å². The van der Waals surface area contributed by atoms with Crippen LogP contribution in [0.5, 0.6) is 0 Å². The molecule has 0 aliphatic carbocycles. The van der Waals surface area contributed by atoms with Crippen molar-refractivity contribution in [2.45, 2.75) is 45.7 Å². The molecule has 2 aromatic rings. The predicted molar refractivity (Wildman–Crippen MR) is 91.9 cm³/mol. The van der Waals surface area contributed by atoms with Gasteiger partial charge in [0.25, 0.3) is 0 Å². The van der Waals surface area contributed by atoms with Gasteiger partial charge in [-0.15, -0.1) is 0 Å². The molecule has 0 fully saturated rings. The number of hydrogen-bond donors (Lipinski definition) is 1. The van der Waals surface area contributed by atoms with E-state index in [1.807, 2.05) is 18.2 Å². The lowest BCUT2D eigenvalue weighted by Crippen LogP contribution is -2.24. The van der Waals surface area contributed by atoms with Gasteiger partial charge < -0.3 is 5.32 Å². The third-order valence-corrected chi connectivity index (χ3v) is 4.37. The van der Waals surface area contributed by atoms with E-state index in [1.54, 1.807) is 0 Å². The topological polar surface area (TPSA) is 12.0 Å². The fourth-order valence-corrected chi connectivity index (χ4v) is 2.95. The smallest absolute Gasteiger partial charge is 0.0453 e. The maximum atomic E-state index is 6.29. The molecule has 0 saturated carbocycles. The molecule has 0 saturated heterocycles. The van der Waals surface area contributed by atoms with E-state index in [4.69, 9.17) is 11.6 Å². The predicted octanol–water partition coefficient (Wildman–Crippen LogP) is 5.70. The van der Waals surface area contributed by atoms with Gasteiger partial charge in [0.15, 0.2) is 0 Å². The highest BCUT2D eigenvalue weighted by atomic mass is 35.5. The highest BCUT2D eigenvalue weighted by Crippen LogP contribution is 2.26. The van der Waals surface area contributed by atoms with Crippen LogP contribution < -0.4 is 5.32 Å². The van der Waals surface area contributed by atoms with Gasteiger partial charge in [-0.2, -0.15) is 0 Å². The summed E-state index contributed by atoms with van der Waals surface area (Å²) >= 11 is 6.29. The van der Waals surface area contributed by atoms with E-state index in [-0.39, 0.29) is 6.04 Å². The molecule has 21 heavy (non-hydrogen) atoms. The lowest BCUT2D eigenvalue weighted by atomic mass is 9.99. The third kappa shape index (κ3) is 4.09. The maximum absolute atomic E-state index is 6.29. The first kappa shape index (κ1) is 16.1. The summed E-state index contributed by atoms with van der Waals surface area (Å²) in [6.07, 6.45) is 2.14. The minimum absolute atomic E-state index is 0.231. The fraction of sp³-hybridized carbons (Fsp3) is 0.368. The Morgan fingerprint density at radius 1 is 1.00 bits per heavy atom. The quantitative estimate of drug-likeness (QED) is 0.721. The molecule has 1 N–H and O–H groups in total. The van der Waals surface area contributed by atoms with E-state index < -0.39 is 0 Å². The number of benzene rings is 2. The standard InChI is InChI=1S/C19H24ClN/c1-4-15-10-12-16(13-11-15)19(5-2)21-14(3)17-8-6-7-9-18(17)20/h6-14,19,21H,4-5H2,1-3H3/t14-,19?/m0/s1. The van der Waals surface area contributed by atoms with Gasteiger partial charge in [-0.25, -0.2) is 0 Å². The average Bonchev–Trinajstić information content (AvgIpc) is 2.53. The second-order valence-corrected chi connectivity index (χ2v) is 5.87. The summed E-state index contributed by atoms with van der Waals surface area (Å²) in [4.78, 5) is 0. The number of halogens is 1. The van der Waals surface area contributed by atoms with E-state index in [9.17, 15) is 0 Å². The third-order valence-electron chi connectivity index (χ3n) is 4.02. The SMILES string of the molecule is CCc1ccc(C(CC)N[C@@H](C)c2ccccc2Cl)cc1. The Bertz CT molecular complexity index is 562. The zero-order valence-electron chi connectivity index (χ0n) is 13.1. The van der Waals surface area contributed by atoms with E-state index in [2.05, 4.69) is 56.4 Å². The zero-order valence-corrected chi connectivity index (χ0v) is 13.8. The molecular weight excluding hydrogens is 278 g/mol. The Balaban J connectivity index is 2.13. The summed E-state index contributed by atoms with van der Waals surface area (Å²) in [6.45, 7) is 6.57. The molecule has 2 rings (SSSR count). The van der Waals surface area contributed by atoms with E-state index in [0.717, 1.165) is 23.4 Å². The van der Waals surface area contributed by atoms with Gasteiger partial charge in [-0.05, 0) is 42.5 Å². The molecule has 0 heterocycles. The molecule has 0 aromatic heterocycles. The second kappa shape index (κ2) is 7.63. The lowest BCUT2D eigenvalue weighted by Gasteiger charge is -2.24. The summed E-state index contributed by atoms with van der Waals surface area (Å²) in [5.41, 5.74) is 3.88. The monoisotopic (exact) mass is 301 g/mol. The first-order chi connectivity index (χ1) is 10.2. The maximum Gasteiger partial charge on any atom is 0.0453 e. The van der Waals surface area contributed by atoms with Crippen molar-refractivity contribution in [3.05, 3.63) is 70.2 Å². The van der Waals surface area contributed by atoms with Crippen molar-refractivity contribution in [3.8, 4) is 0 Å². The molecule has 2 aromatic carbocycles. The van der Waals surface area contributed by atoms with Crippen LogP contribution in [-0.2, 0) is 6.42 Å². The van der Waals surface area contributed by atoms with E-state index >= 15 is 0 Å². The number of aryl methyl sites for hydroxylation is 1. The van der Waals surface area contributed by atoms with Crippen molar-refractivity contribution in [1.29, 1.82) is 0 Å². The molecule has 0 aliphatic rings. The van der Waals surface area contributed by atoms with Crippen molar-refractivity contribution in [2.75, 3.05) is 0 Å². The normalized spacial score (nSPS) is 13.9. The molecule has 0 amide bonds. The van der Waals surface area contributed by atoms with Crippen LogP contribution in [0.25, 0.3) is 0 Å². The summed E-state index contributed by atoms with van der Waals surface area (Å²) in [5, 5.41) is 4.52. The van der Waals surface area contributed by atoms with Crippen LogP contribution in [0.4, 0.5) is 0 Å². The van der Waals surface area contributed by atoms with Crippen LogP contribution in [0.15, 0.2) is 48.5 Å². The Labute approximate surface area is 133 Å². The van der Waals surface area contributed by atoms with Crippen molar-refractivity contribution in [3.63, 3.8) is 0 Å². The molecule has 112 valence electrons. The van der Waals surface area contributed by atoms with Gasteiger partial charge in [-0.1, -0.05) is 67.9 Å². The molecule has 0 spiro atoms. The number of nitrogens with one attached hydrogen (secondary N) is 1. The summed E-state index contributed by atoms with van der Waals surface area (Å²) in [6, 6.07) is 17.5. The molecule has 2 atom stereocenters. The first-order valence-corrected chi connectivity index (χ1v) is 8.12. The Kier molecular flexibility index (Phi) is 5.84. The Morgan fingerprint density at radius 2 is 1.67 bits per heavy atom. The highest BCUT2D eigenvalue weighted by molar-refractivity contribution is 6.31. The van der Waals surface area contributed by atoms with Crippen LogP contribution in [0.2, 0.25) is 5.02 Å². The molecular formula is C19H24ClN. The molecule has 0 radical (unpaired) electrons. The van der Waals surface area contributed by atoms with Gasteiger partial charge in [0, 0.05) is 17.1 Å². The van der Waals surface area contributed by atoms with Crippen molar-refractivity contribution >= 4 is 11.6 Å². The molecule has 1 unspecified atom stereocenters. The second-order valence-electron chi connectivity index (χ2n) is 5.47. The molecule has 0 bridgehead atoms. The van der Waals surface area contributed by atoms with Gasteiger partial charge in [-0.3, -0.25) is 0 Å². The zero-order chi connectivity index (χ0) is 15.2. The summed E-state index contributed by atoms with van der Waals surface area (Å²) < 4.78 is 0. The highest BCUT2D eigenvalue weighted by Gasteiger charge is 2.15. The van der Waals surface area contributed by atoms with Gasteiger partial charge >= 0.3 is 0 Å². The van der Waals surface area contributed by atoms with Gasteiger partial charge in [0.1, 0.15) is 0 Å². The van der Waals surface area contributed by atoms with Crippen molar-refractivity contribution in [2.24, 2.45) is 0 Å². The van der Waals surface area contributed by atoms with Gasteiger partial charge in [0.2, 0.25) is 0 Å². The minimum Gasteiger partial charge on any atom is -0.303 e. The van der Waals surface area contributed by atoms with Crippen LogP contribution in [0, 0.1) is 0 Å². The Morgan fingerprint density at radius 3 is 2.24 bits per heavy atom. The molecule has 2 heteroatoms. The van der Waals surface area contributed by atoms with Crippen molar-refractivity contribution in [1.82, 2.24) is 5.32 Å². The lowest BCUT2D eigenvalue weighted by molar-refractivity contribution is 0.456. The largest absolute Gasteiger partial charge is 0.303 e. The van der Waals surface area contributed by atoms with Crippen LogP contribution in [-0.4, -0.2) is 0 Å². The van der Waals surface area contributed by atoms with E-state index in [1.165, 1.54) is 11.1 Å². The Hall–Kier alpha value is -1.31. The number of hydrogen-bond acceptors (Lipinski definition) is 1. The van der Waals surface area contributed by atoms with Crippen LogP contribution in [0.1, 0.15) is 56.0 Å². The molecule has 0 aliphatic heterocycles. The summed E-state index contributed by atoms with van der Waals surface area (Å²) in [5.74, 6) is 0. The fourth-order valence-electron chi connectivity index (χ4n) is 2.65. The van der Waals surface area contributed by atoms with Crippen LogP contribution >= 0.6 is 11.6 Å². The summed E-state index contributed by atoms with van der Waals surface area (Å²) in [7, 11) is 0. The number of rotatable bonds is 6. The van der Waals surface area contributed by atoms with Crippen LogP contribution in [0.3, 0.4) is 0 Å². The minimum atomic E-state index is 0.231. The molecule has 1 nitrogen and oxygen atoms in total. The van der Waals surface area contributed by atoms with E-state index in [0.29, 0.717) is 6.04 Å². The van der Waals surface area contributed by atoms with Gasteiger partial charge in [0.05, 0.1) is 0 Å².